The number of rotatable bonds is 6. The van der Waals surface area contributed by atoms with Gasteiger partial charge in [0.2, 0.25) is 0 Å². The second kappa shape index (κ2) is 7.33. The Morgan fingerprint density at radius 3 is 2.52 bits per heavy atom. The third-order valence-corrected chi connectivity index (χ3v) is 3.40. The van der Waals surface area contributed by atoms with Crippen LogP contribution in [0.3, 0.4) is 0 Å². The summed E-state index contributed by atoms with van der Waals surface area (Å²) >= 11 is 11.5. The van der Waals surface area contributed by atoms with Crippen molar-refractivity contribution in [2.24, 2.45) is 0 Å². The highest BCUT2D eigenvalue weighted by molar-refractivity contribution is 6.41. The Morgan fingerprint density at radius 1 is 1.19 bits per heavy atom. The normalized spacial score (nSPS) is 10.4. The van der Waals surface area contributed by atoms with E-state index in [4.69, 9.17) is 32.7 Å². The van der Waals surface area contributed by atoms with Crippen molar-refractivity contribution >= 4 is 23.2 Å². The van der Waals surface area contributed by atoms with E-state index in [0.717, 1.165) is 0 Å². The minimum atomic E-state index is -0.439. The van der Waals surface area contributed by atoms with Crippen LogP contribution in [0.1, 0.15) is 6.92 Å². The summed E-state index contributed by atoms with van der Waals surface area (Å²) in [7, 11) is 0. The van der Waals surface area contributed by atoms with Gasteiger partial charge < -0.3 is 9.47 Å². The fourth-order valence-corrected chi connectivity index (χ4v) is 1.96. The molecule has 0 atom stereocenters. The summed E-state index contributed by atoms with van der Waals surface area (Å²) in [6, 6.07) is 7.34. The number of para-hydroxylation sites is 2. The Kier molecular flexibility index (Phi) is 5.47. The Morgan fingerprint density at radius 2 is 1.86 bits per heavy atom. The summed E-state index contributed by atoms with van der Waals surface area (Å²) < 4.78 is 12.3. The molecule has 21 heavy (non-hydrogen) atoms. The van der Waals surface area contributed by atoms with Crippen LogP contribution < -0.4 is 15.0 Å². The molecule has 0 saturated heterocycles. The van der Waals surface area contributed by atoms with Crippen LogP contribution in [0.5, 0.6) is 11.5 Å². The number of hydrogen-bond donors (Lipinski definition) is 0. The van der Waals surface area contributed by atoms with Crippen molar-refractivity contribution in [2.75, 3.05) is 13.2 Å². The standard InChI is InChI=1S/C14H14Cl2N2O3/c1-2-20-11-5-3-4-6-12(11)21-8-7-18-14(19)13(16)10(15)9-17-18/h3-6,9H,2,7-8H2,1H3. The summed E-state index contributed by atoms with van der Waals surface area (Å²) in [5.41, 5.74) is -0.439. The van der Waals surface area contributed by atoms with E-state index in [9.17, 15) is 4.79 Å². The zero-order chi connectivity index (χ0) is 15.2. The lowest BCUT2D eigenvalue weighted by Crippen LogP contribution is -2.26. The largest absolute Gasteiger partial charge is 0.490 e. The summed E-state index contributed by atoms with van der Waals surface area (Å²) in [6.45, 7) is 2.97. The minimum Gasteiger partial charge on any atom is -0.490 e. The van der Waals surface area contributed by atoms with Crippen molar-refractivity contribution < 1.29 is 9.47 Å². The molecule has 112 valence electrons. The second-order valence-corrected chi connectivity index (χ2v) is 4.85. The van der Waals surface area contributed by atoms with Crippen molar-refractivity contribution in [3.05, 3.63) is 50.9 Å². The zero-order valence-electron chi connectivity index (χ0n) is 11.4. The number of aromatic nitrogens is 2. The number of benzene rings is 1. The van der Waals surface area contributed by atoms with Crippen molar-refractivity contribution in [1.29, 1.82) is 0 Å². The Labute approximate surface area is 132 Å². The fourth-order valence-electron chi connectivity index (χ4n) is 1.69. The van der Waals surface area contributed by atoms with Crippen LogP contribution in [0.2, 0.25) is 10.0 Å². The van der Waals surface area contributed by atoms with Crippen LogP contribution >= 0.6 is 23.2 Å². The first-order valence-electron chi connectivity index (χ1n) is 6.39. The first-order valence-corrected chi connectivity index (χ1v) is 7.14. The van der Waals surface area contributed by atoms with E-state index in [1.807, 2.05) is 25.1 Å². The molecule has 5 nitrogen and oxygen atoms in total. The molecule has 7 heteroatoms. The van der Waals surface area contributed by atoms with Crippen LogP contribution in [0, 0.1) is 0 Å². The molecular formula is C14H14Cl2N2O3. The molecule has 1 aromatic carbocycles. The lowest BCUT2D eigenvalue weighted by molar-refractivity contribution is 0.260. The first kappa shape index (κ1) is 15.7. The molecule has 1 aromatic heterocycles. The molecular weight excluding hydrogens is 315 g/mol. The maximum absolute atomic E-state index is 11.8. The van der Waals surface area contributed by atoms with E-state index in [1.165, 1.54) is 10.9 Å². The second-order valence-electron chi connectivity index (χ2n) is 4.06. The molecule has 0 amide bonds. The Bertz CT molecular complexity index is 674. The number of halogens is 2. The molecule has 0 aliphatic carbocycles. The predicted molar refractivity (Wildman–Crippen MR) is 81.6 cm³/mol. The van der Waals surface area contributed by atoms with Gasteiger partial charge in [-0.1, -0.05) is 35.3 Å². The van der Waals surface area contributed by atoms with Crippen molar-refractivity contribution in [3.8, 4) is 11.5 Å². The predicted octanol–water partition coefficient (Wildman–Crippen LogP) is 3.03. The van der Waals surface area contributed by atoms with Crippen molar-refractivity contribution in [1.82, 2.24) is 9.78 Å². The molecule has 2 rings (SSSR count). The van der Waals surface area contributed by atoms with Crippen LogP contribution in [0.25, 0.3) is 0 Å². The summed E-state index contributed by atoms with van der Waals surface area (Å²) in [4.78, 5) is 11.8. The molecule has 0 radical (unpaired) electrons. The van der Waals surface area contributed by atoms with E-state index in [1.54, 1.807) is 6.07 Å². The van der Waals surface area contributed by atoms with Gasteiger partial charge in [0.05, 0.1) is 24.4 Å². The van der Waals surface area contributed by atoms with Gasteiger partial charge in [-0.05, 0) is 19.1 Å². The maximum Gasteiger partial charge on any atom is 0.287 e. The van der Waals surface area contributed by atoms with Crippen LogP contribution in [0.15, 0.2) is 35.3 Å². The Balaban J connectivity index is 2.02. The van der Waals surface area contributed by atoms with E-state index in [2.05, 4.69) is 5.10 Å². The first-order chi connectivity index (χ1) is 10.1. The van der Waals surface area contributed by atoms with E-state index < -0.39 is 5.56 Å². The molecule has 0 unspecified atom stereocenters. The van der Waals surface area contributed by atoms with Gasteiger partial charge in [0, 0.05) is 0 Å². The molecule has 2 aromatic rings. The van der Waals surface area contributed by atoms with Crippen molar-refractivity contribution in [3.63, 3.8) is 0 Å². The van der Waals surface area contributed by atoms with Crippen molar-refractivity contribution in [2.45, 2.75) is 13.5 Å². The monoisotopic (exact) mass is 328 g/mol. The van der Waals surface area contributed by atoms with Gasteiger partial charge in [-0.25, -0.2) is 4.68 Å². The maximum atomic E-state index is 11.8. The summed E-state index contributed by atoms with van der Waals surface area (Å²) in [5.74, 6) is 1.28. The van der Waals surface area contributed by atoms with Gasteiger partial charge >= 0.3 is 0 Å². The lowest BCUT2D eigenvalue weighted by atomic mass is 10.3. The quantitative estimate of drug-likeness (QED) is 0.817. The highest BCUT2D eigenvalue weighted by Gasteiger charge is 2.08. The lowest BCUT2D eigenvalue weighted by Gasteiger charge is -2.12. The van der Waals surface area contributed by atoms with Gasteiger partial charge in [0.1, 0.15) is 11.6 Å². The highest BCUT2D eigenvalue weighted by atomic mass is 35.5. The molecule has 0 aliphatic heterocycles. The molecule has 0 saturated carbocycles. The molecule has 0 N–H and O–H groups in total. The molecule has 0 bridgehead atoms. The highest BCUT2D eigenvalue weighted by Crippen LogP contribution is 2.26. The third kappa shape index (κ3) is 3.89. The van der Waals surface area contributed by atoms with E-state index in [0.29, 0.717) is 18.1 Å². The van der Waals surface area contributed by atoms with Gasteiger partial charge in [-0.3, -0.25) is 4.79 Å². The minimum absolute atomic E-state index is 0.0404. The molecule has 0 fully saturated rings. The van der Waals surface area contributed by atoms with Crippen LogP contribution in [-0.2, 0) is 6.54 Å². The van der Waals surface area contributed by atoms with Gasteiger partial charge in [-0.2, -0.15) is 5.10 Å². The van der Waals surface area contributed by atoms with Gasteiger partial charge in [0.25, 0.3) is 5.56 Å². The third-order valence-electron chi connectivity index (χ3n) is 2.65. The zero-order valence-corrected chi connectivity index (χ0v) is 12.9. The molecule has 1 heterocycles. The average Bonchev–Trinajstić information content (AvgIpc) is 2.49. The Hall–Kier alpha value is -1.72. The van der Waals surface area contributed by atoms with E-state index in [-0.39, 0.29) is 23.2 Å². The van der Waals surface area contributed by atoms with Gasteiger partial charge in [0.15, 0.2) is 11.5 Å². The number of hydrogen-bond acceptors (Lipinski definition) is 4. The fraction of sp³-hybridized carbons (Fsp3) is 0.286. The summed E-state index contributed by atoms with van der Waals surface area (Å²) in [6.07, 6.45) is 1.33. The summed E-state index contributed by atoms with van der Waals surface area (Å²) in [5, 5.41) is 4.00. The topological polar surface area (TPSA) is 53.4 Å². The SMILES string of the molecule is CCOc1ccccc1OCCn1ncc(Cl)c(Cl)c1=O. The smallest absolute Gasteiger partial charge is 0.287 e. The number of nitrogens with zero attached hydrogens (tertiary/aromatic N) is 2. The average molecular weight is 329 g/mol. The van der Waals surface area contributed by atoms with Crippen LogP contribution in [0.4, 0.5) is 0 Å². The number of ether oxygens (including phenoxy) is 2. The van der Waals surface area contributed by atoms with Crippen LogP contribution in [-0.4, -0.2) is 23.0 Å². The molecule has 0 aliphatic rings. The van der Waals surface area contributed by atoms with E-state index >= 15 is 0 Å². The van der Waals surface area contributed by atoms with Gasteiger partial charge in [-0.15, -0.1) is 0 Å². The molecule has 0 spiro atoms.